The molecule has 0 aliphatic carbocycles. The van der Waals surface area contributed by atoms with Crippen LogP contribution in [0.4, 0.5) is 5.82 Å². The number of nitrogens with one attached hydrogen (secondary N) is 2. The number of hydrogen-bond donors (Lipinski definition) is 2. The highest BCUT2D eigenvalue weighted by atomic mass is 16.5. The van der Waals surface area contributed by atoms with Gasteiger partial charge in [-0.1, -0.05) is 0 Å². The molecule has 3 aliphatic rings. The van der Waals surface area contributed by atoms with Crippen molar-refractivity contribution < 1.29 is 14.3 Å². The summed E-state index contributed by atoms with van der Waals surface area (Å²) in [5.74, 6) is 2.27. The highest BCUT2D eigenvalue weighted by molar-refractivity contribution is 5.94. The second-order valence-electron chi connectivity index (χ2n) is 7.94. The molecule has 1 amide bonds. The minimum absolute atomic E-state index is 0.0209. The first-order chi connectivity index (χ1) is 14.2. The van der Waals surface area contributed by atoms with Crippen molar-refractivity contribution in [2.45, 2.75) is 37.4 Å². The second-order valence-corrected chi connectivity index (χ2v) is 7.94. The number of fused-ring (bicyclic) bond motifs is 2. The second kappa shape index (κ2) is 8.00. The summed E-state index contributed by atoms with van der Waals surface area (Å²) in [6, 6.07) is 12.4. The van der Waals surface area contributed by atoms with E-state index < -0.39 is 0 Å². The average Bonchev–Trinajstić information content (AvgIpc) is 3.39. The quantitative estimate of drug-likeness (QED) is 0.811. The van der Waals surface area contributed by atoms with Gasteiger partial charge >= 0.3 is 0 Å². The summed E-state index contributed by atoms with van der Waals surface area (Å²) in [5, 5.41) is 6.71. The third-order valence-corrected chi connectivity index (χ3v) is 6.02. The highest BCUT2D eigenvalue weighted by Crippen LogP contribution is 2.28. The van der Waals surface area contributed by atoms with Crippen LogP contribution in [-0.2, 0) is 4.74 Å². The zero-order valence-electron chi connectivity index (χ0n) is 16.3. The van der Waals surface area contributed by atoms with Crippen molar-refractivity contribution in [1.82, 2.24) is 15.6 Å². The molecule has 3 aliphatic heterocycles. The van der Waals surface area contributed by atoms with Gasteiger partial charge in [0.15, 0.2) is 0 Å². The van der Waals surface area contributed by atoms with Crippen molar-refractivity contribution in [2.75, 3.05) is 31.2 Å². The average molecular weight is 394 g/mol. The van der Waals surface area contributed by atoms with E-state index in [0.29, 0.717) is 29.1 Å². The Hall–Kier alpha value is -2.64. The number of ether oxygens (including phenoxy) is 2. The van der Waals surface area contributed by atoms with Crippen molar-refractivity contribution in [2.24, 2.45) is 0 Å². The first-order valence-corrected chi connectivity index (χ1v) is 10.4. The monoisotopic (exact) mass is 394 g/mol. The van der Waals surface area contributed by atoms with Crippen LogP contribution in [0.2, 0.25) is 0 Å². The molecule has 2 aromatic rings. The number of morpholine rings is 1. The Bertz CT molecular complexity index is 849. The maximum absolute atomic E-state index is 12.5. The molecule has 3 unspecified atom stereocenters. The van der Waals surface area contributed by atoms with Gasteiger partial charge in [-0.05, 0) is 55.7 Å². The number of carbonyl (C=O) groups excluding carboxylic acids is 1. The molecule has 4 heterocycles. The molecular formula is C22H26N4O3. The third-order valence-electron chi connectivity index (χ3n) is 6.02. The lowest BCUT2D eigenvalue weighted by atomic mass is 9.95. The molecule has 0 saturated carbocycles. The Morgan fingerprint density at radius 2 is 1.90 bits per heavy atom. The first-order valence-electron chi connectivity index (χ1n) is 10.4. The lowest BCUT2D eigenvalue weighted by Crippen LogP contribution is -2.42. The van der Waals surface area contributed by atoms with Crippen LogP contribution in [-0.4, -0.2) is 55.3 Å². The van der Waals surface area contributed by atoms with E-state index in [1.807, 2.05) is 24.3 Å². The van der Waals surface area contributed by atoms with E-state index in [4.69, 9.17) is 9.47 Å². The Labute approximate surface area is 170 Å². The predicted octanol–water partition coefficient (Wildman–Crippen LogP) is 2.33. The lowest BCUT2D eigenvalue weighted by molar-refractivity contribution is 0.0931. The third kappa shape index (κ3) is 4.06. The fourth-order valence-corrected chi connectivity index (χ4v) is 4.46. The number of pyridine rings is 1. The van der Waals surface area contributed by atoms with E-state index in [-0.39, 0.29) is 11.9 Å². The number of hydrogen-bond acceptors (Lipinski definition) is 6. The van der Waals surface area contributed by atoms with E-state index in [1.54, 1.807) is 18.3 Å². The van der Waals surface area contributed by atoms with E-state index >= 15 is 0 Å². The standard InChI is InChI=1S/C22H26N4O3/c27-22(25-20-13-16-3-7-19(20)24-16)15-1-4-17(5-2-15)29-18-6-8-21(23-14-18)26-9-11-28-12-10-26/h1-2,4-6,8,14,16,19-20,24H,3,7,9-13H2,(H,25,27). The zero-order chi connectivity index (χ0) is 19.6. The molecule has 0 spiro atoms. The van der Waals surface area contributed by atoms with Crippen molar-refractivity contribution in [3.63, 3.8) is 0 Å². The lowest BCUT2D eigenvalue weighted by Gasteiger charge is -2.27. The largest absolute Gasteiger partial charge is 0.456 e. The summed E-state index contributed by atoms with van der Waals surface area (Å²) >= 11 is 0. The van der Waals surface area contributed by atoms with Gasteiger partial charge in [0, 0.05) is 36.8 Å². The van der Waals surface area contributed by atoms with Gasteiger partial charge in [0.25, 0.3) is 5.91 Å². The summed E-state index contributed by atoms with van der Waals surface area (Å²) in [7, 11) is 0. The molecule has 7 heteroatoms. The zero-order valence-corrected chi connectivity index (χ0v) is 16.3. The molecule has 2 bridgehead atoms. The molecule has 152 valence electrons. The van der Waals surface area contributed by atoms with Crippen LogP contribution in [0.5, 0.6) is 11.5 Å². The van der Waals surface area contributed by atoms with Crippen LogP contribution in [0.3, 0.4) is 0 Å². The van der Waals surface area contributed by atoms with Gasteiger partial charge in [0.1, 0.15) is 17.3 Å². The molecule has 1 aromatic carbocycles. The first kappa shape index (κ1) is 18.4. The van der Waals surface area contributed by atoms with Gasteiger partial charge in [0.05, 0.1) is 19.4 Å². The topological polar surface area (TPSA) is 75.7 Å². The van der Waals surface area contributed by atoms with E-state index in [0.717, 1.165) is 45.0 Å². The smallest absolute Gasteiger partial charge is 0.251 e. The van der Waals surface area contributed by atoms with Gasteiger partial charge in [-0.3, -0.25) is 4.79 Å². The van der Waals surface area contributed by atoms with Crippen LogP contribution in [0.1, 0.15) is 29.6 Å². The van der Waals surface area contributed by atoms with Crippen LogP contribution in [0.25, 0.3) is 0 Å². The van der Waals surface area contributed by atoms with Crippen molar-refractivity contribution in [3.8, 4) is 11.5 Å². The minimum atomic E-state index is -0.0209. The summed E-state index contributed by atoms with van der Waals surface area (Å²) in [5.41, 5.74) is 0.654. The van der Waals surface area contributed by atoms with Gasteiger partial charge in [0.2, 0.25) is 0 Å². The fraction of sp³-hybridized carbons (Fsp3) is 0.455. The molecule has 3 atom stereocenters. The molecule has 0 radical (unpaired) electrons. The normalized spacial score (nSPS) is 25.8. The number of aromatic nitrogens is 1. The van der Waals surface area contributed by atoms with Gasteiger partial charge in [-0.25, -0.2) is 4.98 Å². The molecule has 3 saturated heterocycles. The van der Waals surface area contributed by atoms with E-state index in [9.17, 15) is 4.79 Å². The molecule has 29 heavy (non-hydrogen) atoms. The van der Waals surface area contributed by atoms with Gasteiger partial charge in [-0.15, -0.1) is 0 Å². The Kier molecular flexibility index (Phi) is 5.08. The molecule has 2 N–H and O–H groups in total. The predicted molar refractivity (Wildman–Crippen MR) is 110 cm³/mol. The van der Waals surface area contributed by atoms with Crippen molar-refractivity contribution >= 4 is 11.7 Å². The molecular weight excluding hydrogens is 368 g/mol. The Morgan fingerprint density at radius 1 is 1.10 bits per heavy atom. The maximum atomic E-state index is 12.5. The van der Waals surface area contributed by atoms with Crippen molar-refractivity contribution in [3.05, 3.63) is 48.2 Å². The fourth-order valence-electron chi connectivity index (χ4n) is 4.46. The molecule has 7 nitrogen and oxygen atoms in total. The van der Waals surface area contributed by atoms with Gasteiger partial charge < -0.3 is 25.0 Å². The number of anilines is 1. The molecule has 1 aromatic heterocycles. The highest BCUT2D eigenvalue weighted by Gasteiger charge is 2.39. The summed E-state index contributed by atoms with van der Waals surface area (Å²) in [4.78, 5) is 19.2. The van der Waals surface area contributed by atoms with Crippen LogP contribution in [0.15, 0.2) is 42.6 Å². The number of carbonyl (C=O) groups is 1. The minimum Gasteiger partial charge on any atom is -0.456 e. The molecule has 5 rings (SSSR count). The van der Waals surface area contributed by atoms with E-state index in [1.165, 1.54) is 6.42 Å². The molecule has 3 fully saturated rings. The number of rotatable bonds is 5. The van der Waals surface area contributed by atoms with Crippen molar-refractivity contribution in [1.29, 1.82) is 0 Å². The van der Waals surface area contributed by atoms with Crippen LogP contribution < -0.4 is 20.3 Å². The number of benzene rings is 1. The van der Waals surface area contributed by atoms with E-state index in [2.05, 4.69) is 20.5 Å². The number of nitrogens with zero attached hydrogens (tertiary/aromatic N) is 2. The van der Waals surface area contributed by atoms with Crippen LogP contribution >= 0.6 is 0 Å². The van der Waals surface area contributed by atoms with Crippen LogP contribution in [0, 0.1) is 0 Å². The summed E-state index contributed by atoms with van der Waals surface area (Å²) in [6.45, 7) is 3.18. The summed E-state index contributed by atoms with van der Waals surface area (Å²) in [6.07, 6.45) is 5.14. The number of amides is 1. The Morgan fingerprint density at radius 3 is 2.55 bits per heavy atom. The summed E-state index contributed by atoms with van der Waals surface area (Å²) < 4.78 is 11.3. The Balaban J connectivity index is 1.17. The maximum Gasteiger partial charge on any atom is 0.251 e. The van der Waals surface area contributed by atoms with Gasteiger partial charge in [-0.2, -0.15) is 0 Å². The SMILES string of the molecule is O=C(NC1CC2CCC1N2)c1ccc(Oc2ccc(N3CCOCC3)nc2)cc1.